The van der Waals surface area contributed by atoms with Crippen molar-refractivity contribution in [1.29, 1.82) is 0 Å². The van der Waals surface area contributed by atoms with Gasteiger partial charge in [0.05, 0.1) is 12.5 Å². The molecule has 0 fully saturated rings. The van der Waals surface area contributed by atoms with Gasteiger partial charge in [-0.3, -0.25) is 0 Å². The monoisotopic (exact) mass is 272 g/mol. The van der Waals surface area contributed by atoms with Crippen LogP contribution in [-0.2, 0) is 12.8 Å². The Hall–Kier alpha value is -1.47. The minimum absolute atomic E-state index is 0.0863. The first-order valence-corrected chi connectivity index (χ1v) is 7.11. The van der Waals surface area contributed by atoms with Crippen LogP contribution in [0.15, 0.2) is 42.5 Å². The second-order valence-corrected chi connectivity index (χ2v) is 5.45. The predicted molar refractivity (Wildman–Crippen MR) is 79.2 cm³/mol. The van der Waals surface area contributed by atoms with Gasteiger partial charge in [-0.2, -0.15) is 0 Å². The Morgan fingerprint density at radius 2 is 1.63 bits per heavy atom. The fourth-order valence-corrected chi connectivity index (χ4v) is 3.00. The van der Waals surface area contributed by atoms with Gasteiger partial charge in [0.25, 0.3) is 0 Å². The Kier molecular flexibility index (Phi) is 3.48. The summed E-state index contributed by atoms with van der Waals surface area (Å²) < 4.78 is 5.17. The number of rotatable bonds is 3. The largest absolute Gasteiger partial charge is 0.497 e. The topological polar surface area (TPSA) is 9.23 Å². The lowest BCUT2D eigenvalue weighted by molar-refractivity contribution is 0.414. The number of methoxy groups -OCH3 is 1. The number of hydrogen-bond donors (Lipinski definition) is 0. The Balaban J connectivity index is 1.88. The minimum Gasteiger partial charge on any atom is -0.497 e. The van der Waals surface area contributed by atoms with Gasteiger partial charge in [0.1, 0.15) is 5.75 Å². The van der Waals surface area contributed by atoms with E-state index in [1.165, 1.54) is 36.0 Å². The molecular formula is C17H17ClO. The highest BCUT2D eigenvalue weighted by molar-refractivity contribution is 6.22. The van der Waals surface area contributed by atoms with Crippen LogP contribution in [-0.4, -0.2) is 7.11 Å². The number of alkyl halides is 1. The van der Waals surface area contributed by atoms with Crippen LogP contribution in [0, 0.1) is 0 Å². The quantitative estimate of drug-likeness (QED) is 0.747. The third-order valence-electron chi connectivity index (χ3n) is 3.82. The maximum atomic E-state index is 6.59. The number of fused-ring (bicyclic) bond motifs is 1. The number of benzene rings is 2. The Morgan fingerprint density at radius 3 is 2.37 bits per heavy atom. The molecule has 1 nitrogen and oxygen atoms in total. The summed E-state index contributed by atoms with van der Waals surface area (Å²) in [6, 6.07) is 14.6. The molecule has 2 aromatic rings. The van der Waals surface area contributed by atoms with Crippen molar-refractivity contribution < 1.29 is 4.74 Å². The molecule has 0 radical (unpaired) electrons. The van der Waals surface area contributed by atoms with Crippen LogP contribution in [0.5, 0.6) is 5.75 Å². The lowest BCUT2D eigenvalue weighted by Crippen LogP contribution is -1.95. The van der Waals surface area contributed by atoms with E-state index in [1.54, 1.807) is 7.11 Å². The van der Waals surface area contributed by atoms with Crippen LogP contribution in [0.2, 0.25) is 0 Å². The molecule has 1 atom stereocenters. The van der Waals surface area contributed by atoms with E-state index in [1.807, 2.05) is 24.3 Å². The van der Waals surface area contributed by atoms with Crippen molar-refractivity contribution in [3.63, 3.8) is 0 Å². The summed E-state index contributed by atoms with van der Waals surface area (Å²) in [6.07, 6.45) is 3.68. The van der Waals surface area contributed by atoms with Crippen molar-refractivity contribution in [3.8, 4) is 5.75 Å². The number of hydrogen-bond acceptors (Lipinski definition) is 1. The Labute approximate surface area is 119 Å². The van der Waals surface area contributed by atoms with Gasteiger partial charge >= 0.3 is 0 Å². The van der Waals surface area contributed by atoms with Crippen LogP contribution in [0.4, 0.5) is 0 Å². The molecule has 3 rings (SSSR count). The van der Waals surface area contributed by atoms with Crippen LogP contribution in [0.25, 0.3) is 0 Å². The Morgan fingerprint density at radius 1 is 0.947 bits per heavy atom. The molecule has 0 N–H and O–H groups in total. The average Bonchev–Trinajstić information content (AvgIpc) is 2.94. The fourth-order valence-electron chi connectivity index (χ4n) is 2.71. The average molecular weight is 273 g/mol. The van der Waals surface area contributed by atoms with Crippen molar-refractivity contribution in [1.82, 2.24) is 0 Å². The van der Waals surface area contributed by atoms with Gasteiger partial charge < -0.3 is 4.74 Å². The molecule has 0 saturated heterocycles. The minimum atomic E-state index is -0.0863. The van der Waals surface area contributed by atoms with Gasteiger partial charge in [0.2, 0.25) is 0 Å². The molecule has 0 bridgehead atoms. The van der Waals surface area contributed by atoms with E-state index < -0.39 is 0 Å². The molecule has 0 aliphatic heterocycles. The zero-order valence-corrected chi connectivity index (χ0v) is 11.8. The summed E-state index contributed by atoms with van der Waals surface area (Å²) in [5, 5.41) is -0.0863. The van der Waals surface area contributed by atoms with E-state index in [0.29, 0.717) is 0 Å². The van der Waals surface area contributed by atoms with Crippen molar-refractivity contribution in [2.45, 2.75) is 24.6 Å². The number of halogens is 1. The summed E-state index contributed by atoms with van der Waals surface area (Å²) in [5.41, 5.74) is 5.26. The maximum Gasteiger partial charge on any atom is 0.118 e. The van der Waals surface area contributed by atoms with Gasteiger partial charge in [-0.05, 0) is 53.6 Å². The first-order chi connectivity index (χ1) is 9.28. The summed E-state index contributed by atoms with van der Waals surface area (Å²) in [7, 11) is 1.67. The molecule has 0 saturated carbocycles. The van der Waals surface area contributed by atoms with Gasteiger partial charge in [0.15, 0.2) is 0 Å². The van der Waals surface area contributed by atoms with E-state index in [4.69, 9.17) is 16.3 Å². The normalized spacial score (nSPS) is 15.1. The van der Waals surface area contributed by atoms with Crippen LogP contribution < -0.4 is 4.74 Å². The van der Waals surface area contributed by atoms with E-state index in [9.17, 15) is 0 Å². The van der Waals surface area contributed by atoms with E-state index in [-0.39, 0.29) is 5.38 Å². The molecule has 0 spiro atoms. The van der Waals surface area contributed by atoms with Gasteiger partial charge in [-0.25, -0.2) is 0 Å². The number of ether oxygens (including phenoxy) is 1. The maximum absolute atomic E-state index is 6.59. The highest BCUT2D eigenvalue weighted by atomic mass is 35.5. The van der Waals surface area contributed by atoms with E-state index >= 15 is 0 Å². The smallest absolute Gasteiger partial charge is 0.118 e. The SMILES string of the molecule is COc1ccc(C(Cl)c2ccc3c(c2)CCC3)cc1. The molecule has 2 aromatic carbocycles. The Bertz CT molecular complexity index is 574. The highest BCUT2D eigenvalue weighted by Gasteiger charge is 2.15. The summed E-state index contributed by atoms with van der Waals surface area (Å²) >= 11 is 6.59. The van der Waals surface area contributed by atoms with Crippen LogP contribution in [0.1, 0.15) is 34.1 Å². The molecule has 19 heavy (non-hydrogen) atoms. The molecule has 98 valence electrons. The van der Waals surface area contributed by atoms with Gasteiger partial charge in [0, 0.05) is 0 Å². The van der Waals surface area contributed by atoms with E-state index in [0.717, 1.165) is 11.3 Å². The summed E-state index contributed by atoms with van der Waals surface area (Å²) in [5.74, 6) is 0.863. The second-order valence-electron chi connectivity index (χ2n) is 5.02. The lowest BCUT2D eigenvalue weighted by Gasteiger charge is -2.12. The molecule has 1 aliphatic carbocycles. The molecule has 1 unspecified atom stereocenters. The second kappa shape index (κ2) is 5.26. The fraction of sp³-hybridized carbons (Fsp3) is 0.294. The van der Waals surface area contributed by atoms with Crippen LogP contribution >= 0.6 is 11.6 Å². The standard InChI is InChI=1S/C17H17ClO/c1-19-16-9-7-13(8-10-16)17(18)15-6-5-12-3-2-4-14(12)11-15/h5-11,17H,2-4H2,1H3. The van der Waals surface area contributed by atoms with Crippen molar-refractivity contribution in [2.24, 2.45) is 0 Å². The zero-order chi connectivity index (χ0) is 13.2. The molecule has 1 aliphatic rings. The zero-order valence-electron chi connectivity index (χ0n) is 11.0. The molecule has 2 heteroatoms. The third-order valence-corrected chi connectivity index (χ3v) is 4.33. The third kappa shape index (κ3) is 2.48. The first kappa shape index (κ1) is 12.6. The van der Waals surface area contributed by atoms with Crippen LogP contribution in [0.3, 0.4) is 0 Å². The lowest BCUT2D eigenvalue weighted by atomic mass is 10.00. The van der Waals surface area contributed by atoms with Gasteiger partial charge in [-0.15, -0.1) is 11.6 Å². The van der Waals surface area contributed by atoms with E-state index in [2.05, 4.69) is 18.2 Å². The van der Waals surface area contributed by atoms with Crippen molar-refractivity contribution in [3.05, 3.63) is 64.7 Å². The predicted octanol–water partition coefficient (Wildman–Crippen LogP) is 4.51. The summed E-state index contributed by atoms with van der Waals surface area (Å²) in [6.45, 7) is 0. The van der Waals surface area contributed by atoms with Gasteiger partial charge in [-0.1, -0.05) is 30.3 Å². The molecule has 0 aromatic heterocycles. The first-order valence-electron chi connectivity index (χ1n) is 6.67. The van der Waals surface area contributed by atoms with Crippen molar-refractivity contribution >= 4 is 11.6 Å². The molecule has 0 amide bonds. The number of aryl methyl sites for hydroxylation is 2. The highest BCUT2D eigenvalue weighted by Crippen LogP contribution is 2.33. The molecular weight excluding hydrogens is 256 g/mol. The van der Waals surface area contributed by atoms with Crippen molar-refractivity contribution in [2.75, 3.05) is 7.11 Å². The summed E-state index contributed by atoms with van der Waals surface area (Å²) in [4.78, 5) is 0. The molecule has 0 heterocycles.